The molecule has 4 aromatic rings. The summed E-state index contributed by atoms with van der Waals surface area (Å²) in [6, 6.07) is 19.3. The third-order valence-corrected chi connectivity index (χ3v) is 6.10. The monoisotopic (exact) mass is 457 g/mol. The molecule has 3 aromatic carbocycles. The Hall–Kier alpha value is -2.74. The summed E-state index contributed by atoms with van der Waals surface area (Å²) in [5.74, 6) is 6.61. The zero-order chi connectivity index (χ0) is 21.1. The van der Waals surface area contributed by atoms with E-state index in [1.54, 1.807) is 18.2 Å². The van der Waals surface area contributed by atoms with E-state index >= 15 is 0 Å². The van der Waals surface area contributed by atoms with Crippen LogP contribution < -0.4 is 11.2 Å². The standard InChI is InChI=1S/C21H17Cl2N5OS/c22-16-9-4-10-17(23)20(16)25-19(29)12-30-21-27-26-18(28(21)24)11-14-7-3-6-13-5-1-2-8-15(13)14/h1-10H,11-12,24H2,(H,25,29). The number of aromatic nitrogens is 3. The number of fused-ring (bicyclic) bond motifs is 1. The number of anilines is 1. The van der Waals surface area contributed by atoms with E-state index < -0.39 is 0 Å². The average Bonchev–Trinajstić information content (AvgIpc) is 3.09. The number of nitrogens with one attached hydrogen (secondary N) is 1. The number of hydrogen-bond acceptors (Lipinski definition) is 5. The quantitative estimate of drug-likeness (QED) is 0.321. The molecule has 4 rings (SSSR count). The van der Waals surface area contributed by atoms with Crippen LogP contribution in [0.5, 0.6) is 0 Å². The number of halogens is 2. The first-order chi connectivity index (χ1) is 14.5. The molecule has 152 valence electrons. The van der Waals surface area contributed by atoms with E-state index in [0.29, 0.717) is 33.1 Å². The third kappa shape index (κ3) is 4.38. The Morgan fingerprint density at radius 3 is 2.50 bits per heavy atom. The van der Waals surface area contributed by atoms with Crippen molar-refractivity contribution in [1.29, 1.82) is 0 Å². The summed E-state index contributed by atoms with van der Waals surface area (Å²) in [6.45, 7) is 0. The molecule has 0 aliphatic heterocycles. The number of nitrogen functional groups attached to an aromatic ring is 1. The highest BCUT2D eigenvalue weighted by Gasteiger charge is 2.15. The van der Waals surface area contributed by atoms with E-state index in [2.05, 4.69) is 33.7 Å². The van der Waals surface area contributed by atoms with Crippen molar-refractivity contribution in [3.05, 3.63) is 82.1 Å². The summed E-state index contributed by atoms with van der Waals surface area (Å²) in [4.78, 5) is 12.3. The van der Waals surface area contributed by atoms with Gasteiger partial charge in [0.2, 0.25) is 11.1 Å². The molecule has 0 unspecified atom stereocenters. The molecule has 0 aliphatic carbocycles. The number of para-hydroxylation sites is 1. The van der Waals surface area contributed by atoms with Crippen LogP contribution in [0.15, 0.2) is 65.8 Å². The molecule has 0 radical (unpaired) electrons. The lowest BCUT2D eigenvalue weighted by atomic mass is 10.0. The van der Waals surface area contributed by atoms with E-state index in [9.17, 15) is 4.79 Å². The molecule has 0 aliphatic rings. The van der Waals surface area contributed by atoms with E-state index in [1.807, 2.05) is 24.3 Å². The molecule has 0 bridgehead atoms. The van der Waals surface area contributed by atoms with Crippen molar-refractivity contribution in [2.75, 3.05) is 16.9 Å². The van der Waals surface area contributed by atoms with Crippen LogP contribution in [0.3, 0.4) is 0 Å². The van der Waals surface area contributed by atoms with Crippen molar-refractivity contribution >= 4 is 57.3 Å². The Morgan fingerprint density at radius 1 is 1.00 bits per heavy atom. The number of carbonyl (C=O) groups excluding carboxylic acids is 1. The maximum atomic E-state index is 12.3. The van der Waals surface area contributed by atoms with Crippen molar-refractivity contribution in [2.24, 2.45) is 0 Å². The molecular formula is C21H17Cl2N5OS. The molecule has 0 atom stereocenters. The molecule has 1 heterocycles. The fourth-order valence-corrected chi connectivity index (χ4v) is 4.23. The minimum Gasteiger partial charge on any atom is -0.336 e. The summed E-state index contributed by atoms with van der Waals surface area (Å²) in [5.41, 5.74) is 1.49. The first kappa shape index (κ1) is 20.5. The highest BCUT2D eigenvalue weighted by atomic mass is 35.5. The molecule has 0 spiro atoms. The van der Waals surface area contributed by atoms with Crippen molar-refractivity contribution in [1.82, 2.24) is 14.9 Å². The summed E-state index contributed by atoms with van der Waals surface area (Å²) < 4.78 is 1.42. The number of benzene rings is 3. The van der Waals surface area contributed by atoms with Crippen LogP contribution in [0.1, 0.15) is 11.4 Å². The molecule has 3 N–H and O–H groups in total. The lowest BCUT2D eigenvalue weighted by Crippen LogP contribution is -2.17. The van der Waals surface area contributed by atoms with Gasteiger partial charge in [0.1, 0.15) is 0 Å². The van der Waals surface area contributed by atoms with Gasteiger partial charge in [-0.05, 0) is 28.5 Å². The zero-order valence-electron chi connectivity index (χ0n) is 15.7. The Morgan fingerprint density at radius 2 is 1.70 bits per heavy atom. The van der Waals surface area contributed by atoms with Gasteiger partial charge < -0.3 is 11.2 Å². The van der Waals surface area contributed by atoms with Crippen LogP contribution in [0.2, 0.25) is 10.0 Å². The van der Waals surface area contributed by atoms with Crippen molar-refractivity contribution in [3.63, 3.8) is 0 Å². The molecule has 0 saturated heterocycles. The molecule has 30 heavy (non-hydrogen) atoms. The number of amides is 1. The van der Waals surface area contributed by atoms with Crippen molar-refractivity contribution in [3.8, 4) is 0 Å². The van der Waals surface area contributed by atoms with Gasteiger partial charge in [0.05, 0.1) is 21.5 Å². The summed E-state index contributed by atoms with van der Waals surface area (Å²) >= 11 is 13.4. The molecule has 0 saturated carbocycles. The number of hydrogen-bond donors (Lipinski definition) is 2. The number of thioether (sulfide) groups is 1. The second kappa shape index (κ2) is 8.95. The summed E-state index contributed by atoms with van der Waals surface area (Å²) in [7, 11) is 0. The lowest BCUT2D eigenvalue weighted by Gasteiger charge is -2.09. The zero-order valence-corrected chi connectivity index (χ0v) is 18.0. The van der Waals surface area contributed by atoms with Gasteiger partial charge in [-0.25, -0.2) is 4.68 Å². The van der Waals surface area contributed by atoms with Crippen LogP contribution in [0, 0.1) is 0 Å². The highest BCUT2D eigenvalue weighted by molar-refractivity contribution is 7.99. The van der Waals surface area contributed by atoms with Gasteiger partial charge in [0.15, 0.2) is 5.82 Å². The first-order valence-corrected chi connectivity index (χ1v) is 10.8. The molecular weight excluding hydrogens is 441 g/mol. The van der Waals surface area contributed by atoms with E-state index in [0.717, 1.165) is 16.3 Å². The Bertz CT molecular complexity index is 1200. The van der Waals surface area contributed by atoms with E-state index in [1.165, 1.54) is 16.4 Å². The summed E-state index contributed by atoms with van der Waals surface area (Å²) in [5, 5.41) is 14.5. The van der Waals surface area contributed by atoms with Gasteiger partial charge in [-0.15, -0.1) is 10.2 Å². The first-order valence-electron chi connectivity index (χ1n) is 9.05. The number of rotatable bonds is 6. The fourth-order valence-electron chi connectivity index (χ4n) is 3.07. The molecule has 1 aromatic heterocycles. The Kier molecular flexibility index (Phi) is 6.13. The van der Waals surface area contributed by atoms with E-state index in [4.69, 9.17) is 29.0 Å². The SMILES string of the molecule is Nn1c(Cc2cccc3ccccc23)nnc1SCC(=O)Nc1c(Cl)cccc1Cl. The predicted octanol–water partition coefficient (Wildman–Crippen LogP) is 4.77. The van der Waals surface area contributed by atoms with Gasteiger partial charge >= 0.3 is 0 Å². The summed E-state index contributed by atoms with van der Waals surface area (Å²) in [6.07, 6.45) is 0.535. The Labute approximate surface area is 187 Å². The van der Waals surface area contributed by atoms with Crippen LogP contribution in [0.4, 0.5) is 5.69 Å². The number of nitrogens with two attached hydrogens (primary N) is 1. The minimum atomic E-state index is -0.270. The predicted molar refractivity (Wildman–Crippen MR) is 123 cm³/mol. The lowest BCUT2D eigenvalue weighted by molar-refractivity contribution is -0.113. The topological polar surface area (TPSA) is 85.8 Å². The number of carbonyl (C=O) groups is 1. The van der Waals surface area contributed by atoms with Gasteiger partial charge in [0, 0.05) is 6.42 Å². The molecule has 0 fully saturated rings. The maximum Gasteiger partial charge on any atom is 0.234 e. The van der Waals surface area contributed by atoms with Crippen molar-refractivity contribution in [2.45, 2.75) is 11.6 Å². The van der Waals surface area contributed by atoms with Gasteiger partial charge in [0.25, 0.3) is 0 Å². The van der Waals surface area contributed by atoms with Crippen LogP contribution >= 0.6 is 35.0 Å². The number of nitrogens with zero attached hydrogens (tertiary/aromatic N) is 3. The minimum absolute atomic E-state index is 0.0884. The van der Waals surface area contributed by atoms with Crippen molar-refractivity contribution < 1.29 is 4.79 Å². The largest absolute Gasteiger partial charge is 0.336 e. The smallest absolute Gasteiger partial charge is 0.234 e. The molecule has 1 amide bonds. The third-order valence-electron chi connectivity index (χ3n) is 4.52. The maximum absolute atomic E-state index is 12.3. The van der Waals surface area contributed by atoms with Crippen LogP contribution in [-0.4, -0.2) is 26.5 Å². The fraction of sp³-hybridized carbons (Fsp3) is 0.0952. The van der Waals surface area contributed by atoms with Crippen LogP contribution in [0.25, 0.3) is 10.8 Å². The van der Waals surface area contributed by atoms with Gasteiger partial charge in [-0.2, -0.15) is 0 Å². The Balaban J connectivity index is 1.44. The molecule has 6 nitrogen and oxygen atoms in total. The molecule has 9 heteroatoms. The second-order valence-electron chi connectivity index (χ2n) is 6.52. The normalized spacial score (nSPS) is 11.0. The average molecular weight is 458 g/mol. The highest BCUT2D eigenvalue weighted by Crippen LogP contribution is 2.30. The van der Waals surface area contributed by atoms with Gasteiger partial charge in [-0.3, -0.25) is 4.79 Å². The second-order valence-corrected chi connectivity index (χ2v) is 8.27. The van der Waals surface area contributed by atoms with Crippen LogP contribution in [-0.2, 0) is 11.2 Å². The van der Waals surface area contributed by atoms with Gasteiger partial charge in [-0.1, -0.05) is 83.5 Å². The van der Waals surface area contributed by atoms with E-state index in [-0.39, 0.29) is 11.7 Å².